The number of hydrogen-bond acceptors (Lipinski definition) is 9. The first kappa shape index (κ1) is 62.4. The fourth-order valence-corrected chi connectivity index (χ4v) is 10.7. The van der Waals surface area contributed by atoms with Crippen molar-refractivity contribution in [2.45, 2.75) is 116 Å². The number of nitrogens with zero attached hydrogens (tertiary/aromatic N) is 2. The average molecular weight is 1140 g/mol. The summed E-state index contributed by atoms with van der Waals surface area (Å²) < 4.78 is 37.7. The Balaban J connectivity index is 0.000000233. The van der Waals surface area contributed by atoms with Gasteiger partial charge < -0.3 is 49.7 Å². The van der Waals surface area contributed by atoms with Gasteiger partial charge in [-0.3, -0.25) is 14.4 Å². The maximum atomic E-state index is 14.1. The van der Waals surface area contributed by atoms with Gasteiger partial charge in [-0.2, -0.15) is 0 Å². The van der Waals surface area contributed by atoms with E-state index in [2.05, 4.69) is 15.2 Å². The van der Waals surface area contributed by atoms with E-state index in [0.717, 1.165) is 39.3 Å². The van der Waals surface area contributed by atoms with E-state index in [9.17, 15) is 48.4 Å². The number of rotatable bonds is 20. The van der Waals surface area contributed by atoms with Gasteiger partial charge in [0.05, 0.1) is 47.2 Å². The molecule has 2 amide bonds. The number of halogens is 2. The summed E-state index contributed by atoms with van der Waals surface area (Å²) >= 11 is 0. The number of cyclic esters (lactones) is 1. The molecule has 0 unspecified atom stereocenters. The number of aromatic nitrogens is 2. The summed E-state index contributed by atoms with van der Waals surface area (Å²) in [7, 11) is 0. The van der Waals surface area contributed by atoms with Gasteiger partial charge in [0.25, 0.3) is 11.8 Å². The maximum absolute atomic E-state index is 14.1. The van der Waals surface area contributed by atoms with Crippen LogP contribution in [0.25, 0.3) is 44.8 Å². The Morgan fingerprint density at radius 2 is 1.00 bits per heavy atom. The third-order valence-corrected chi connectivity index (χ3v) is 14.1. The zero-order valence-electron chi connectivity index (χ0n) is 46.4. The third kappa shape index (κ3) is 15.6. The van der Waals surface area contributed by atoms with Gasteiger partial charge in [-0.1, -0.05) is 125 Å². The molecule has 6 aromatic carbocycles. The number of aliphatic carboxylic acids is 1. The van der Waals surface area contributed by atoms with Gasteiger partial charge in [0.15, 0.2) is 0 Å². The van der Waals surface area contributed by atoms with E-state index in [0.29, 0.717) is 58.7 Å². The molecule has 1 saturated heterocycles. The number of nitrogens with one attached hydrogen (secondary N) is 2. The molecule has 0 aliphatic carbocycles. The van der Waals surface area contributed by atoms with Gasteiger partial charge in [0.1, 0.15) is 17.7 Å². The van der Waals surface area contributed by atoms with E-state index in [1.165, 1.54) is 24.3 Å². The molecule has 2 aromatic heterocycles. The second-order valence-electron chi connectivity index (χ2n) is 20.9. The number of anilines is 2. The monoisotopic (exact) mass is 1140 g/mol. The summed E-state index contributed by atoms with van der Waals surface area (Å²) in [6.45, 7) is 8.74. The van der Waals surface area contributed by atoms with E-state index in [-0.39, 0.29) is 93.0 Å². The molecule has 5 N–H and O–H groups in total. The molecule has 8 aromatic rings. The summed E-state index contributed by atoms with van der Waals surface area (Å²) in [4.78, 5) is 51.0. The van der Waals surface area contributed by atoms with Crippen molar-refractivity contribution in [1.82, 2.24) is 9.13 Å². The van der Waals surface area contributed by atoms with Crippen molar-refractivity contribution in [2.75, 3.05) is 10.6 Å². The first-order valence-electron chi connectivity index (χ1n) is 27.3. The standard InChI is InChI=1S/C33H35FN2O5.C33H33FN2O4.Ca/c1-21(2)31-30(33(41)35-25-11-7-4-8-12-25)29(22-9-5-3-6-10-22)32(23-13-15-24(34)16-14-23)36(31)18-17-26(37)19-27(38)20-28(39)40;1-21(2)31-30(33(39)35-25-11-7-4-8-12-25)29(22-9-5-3-6-10-22)32(23-13-15-24(34)16-14-23)36(31)18-17-27-19-26(37)20-28(38)40-27;/h3-16,21,26-27,37-38H,17-20H2,1-2H3,(H,35,41)(H,39,40);3-16,21,26-27,37H,17-20H2,1-2H3,(H,35,39);/q;;+2/p-1/t26-,27-;26-,27+;/m10./s1. The molecular weight excluding hydrogens is 1070 g/mol. The number of esters is 1. The normalized spacial score (nSPS) is 14.7. The number of aliphatic hydroxyl groups excluding tert-OH is 3. The van der Waals surface area contributed by atoms with E-state index < -0.39 is 48.6 Å². The van der Waals surface area contributed by atoms with Crippen molar-refractivity contribution >= 4 is 72.9 Å². The van der Waals surface area contributed by atoms with Crippen LogP contribution in [-0.4, -0.2) is 110 Å². The Kier molecular flexibility index (Phi) is 22.2. The van der Waals surface area contributed by atoms with Crippen LogP contribution in [0.5, 0.6) is 0 Å². The zero-order valence-corrected chi connectivity index (χ0v) is 48.6. The second-order valence-corrected chi connectivity index (χ2v) is 20.9. The number of carbonyl (C=O) groups is 4. The van der Waals surface area contributed by atoms with Gasteiger partial charge in [-0.25, -0.2) is 8.78 Å². The van der Waals surface area contributed by atoms with E-state index >= 15 is 0 Å². The first-order chi connectivity index (χ1) is 39.0. The molecule has 9 rings (SSSR count). The Morgan fingerprint density at radius 3 is 1.39 bits per heavy atom. The summed E-state index contributed by atoms with van der Waals surface area (Å²) in [5.41, 5.74) is 9.94. The van der Waals surface area contributed by atoms with Gasteiger partial charge in [-0.05, 0) is 120 Å². The second kappa shape index (κ2) is 29.1. The average Bonchev–Trinajstić information content (AvgIpc) is 3.77. The van der Waals surface area contributed by atoms with Gasteiger partial charge >= 0.3 is 43.7 Å². The van der Waals surface area contributed by atoms with Crippen molar-refractivity contribution in [3.8, 4) is 44.8 Å². The van der Waals surface area contributed by atoms with Crippen LogP contribution in [0.3, 0.4) is 0 Å². The number of ether oxygens (including phenoxy) is 1. The molecule has 1 fully saturated rings. The van der Waals surface area contributed by atoms with Crippen molar-refractivity contribution in [3.63, 3.8) is 0 Å². The molecule has 0 spiro atoms. The molecule has 0 radical (unpaired) electrons. The van der Waals surface area contributed by atoms with Crippen molar-refractivity contribution in [3.05, 3.63) is 204 Å². The van der Waals surface area contributed by atoms with Crippen molar-refractivity contribution < 1.29 is 53.1 Å². The third-order valence-electron chi connectivity index (χ3n) is 14.1. The van der Waals surface area contributed by atoms with Gasteiger partial charge in [-0.15, -0.1) is 0 Å². The van der Waals surface area contributed by atoms with Crippen LogP contribution in [0.15, 0.2) is 170 Å². The Hall–Kier alpha value is -7.24. The summed E-state index contributed by atoms with van der Waals surface area (Å²) in [5.74, 6) is -3.25. The fraction of sp³-hybridized carbons (Fsp3) is 0.273. The minimum Gasteiger partial charge on any atom is -0.550 e. The van der Waals surface area contributed by atoms with E-state index in [1.807, 2.05) is 141 Å². The SMILES string of the molecule is CC(C)c1c(C(=O)Nc2ccccc2)c(-c2ccccc2)c(-c2ccc(F)cc2)n1CC[C@@H](O)C[C@@H](O)CC(=O)[O-].CC(C)c1c(C(=O)Nc2ccccc2)c(-c2ccccc2)c(-c2ccc(F)cc2)n1CC[C@@H]1C[C@H](O)CC(=O)O1.[Ca+2]. The molecule has 0 bridgehead atoms. The van der Waals surface area contributed by atoms with E-state index in [1.54, 1.807) is 36.4 Å². The number of amides is 2. The number of carboxylic acid groups (broad SMARTS) is 1. The Bertz CT molecular complexity index is 3410. The topological polar surface area (TPSA) is 195 Å². The molecule has 13 nitrogen and oxygen atoms in total. The number of carbonyl (C=O) groups excluding carboxylic acids is 4. The van der Waals surface area contributed by atoms with Crippen LogP contribution >= 0.6 is 0 Å². The Labute approximate surface area is 506 Å². The molecule has 420 valence electrons. The number of para-hydroxylation sites is 2. The predicted molar refractivity (Wildman–Crippen MR) is 314 cm³/mol. The largest absolute Gasteiger partial charge is 2.00 e. The molecule has 4 atom stereocenters. The summed E-state index contributed by atoms with van der Waals surface area (Å²) in [5, 5.41) is 47.8. The Morgan fingerprint density at radius 1 is 0.598 bits per heavy atom. The zero-order chi connectivity index (χ0) is 57.7. The van der Waals surface area contributed by atoms with Crippen LogP contribution in [0, 0.1) is 11.6 Å². The van der Waals surface area contributed by atoms with Crippen LogP contribution in [0.4, 0.5) is 20.2 Å². The number of benzene rings is 6. The number of aliphatic hydroxyl groups is 3. The molecule has 1 aliphatic rings. The number of hydrogen-bond donors (Lipinski definition) is 5. The smallest absolute Gasteiger partial charge is 0.550 e. The van der Waals surface area contributed by atoms with Crippen LogP contribution < -0.4 is 15.7 Å². The minimum absolute atomic E-state index is 0. The summed E-state index contributed by atoms with van der Waals surface area (Å²) in [6, 6.07) is 50.0. The predicted octanol–water partition coefficient (Wildman–Crippen LogP) is 11.4. The molecule has 1 aliphatic heterocycles. The molecule has 82 heavy (non-hydrogen) atoms. The molecular formula is C66H67CaF2N4O9+. The van der Waals surface area contributed by atoms with Crippen LogP contribution in [0.1, 0.15) is 110 Å². The van der Waals surface area contributed by atoms with E-state index in [4.69, 9.17) is 4.74 Å². The fourth-order valence-electron chi connectivity index (χ4n) is 10.7. The number of carboxylic acids is 1. The molecule has 16 heteroatoms. The first-order valence-corrected chi connectivity index (χ1v) is 27.3. The van der Waals surface area contributed by atoms with Crippen LogP contribution in [-0.2, 0) is 27.4 Å². The van der Waals surface area contributed by atoms with Crippen molar-refractivity contribution in [1.29, 1.82) is 0 Å². The van der Waals surface area contributed by atoms with Crippen LogP contribution in [0.2, 0.25) is 0 Å². The maximum Gasteiger partial charge on any atom is 2.00 e. The minimum atomic E-state index is -1.39. The quantitative estimate of drug-likeness (QED) is 0.0364. The van der Waals surface area contributed by atoms with Gasteiger partial charge in [0.2, 0.25) is 0 Å². The van der Waals surface area contributed by atoms with Gasteiger partial charge in [0, 0.05) is 72.2 Å². The van der Waals surface area contributed by atoms with Crippen molar-refractivity contribution in [2.24, 2.45) is 0 Å². The molecule has 0 saturated carbocycles. The summed E-state index contributed by atoms with van der Waals surface area (Å²) in [6.07, 6.45) is -3.12. The molecule has 3 heterocycles.